The van der Waals surface area contributed by atoms with E-state index in [0.717, 1.165) is 36.8 Å². The third kappa shape index (κ3) is 4.70. The van der Waals surface area contributed by atoms with Crippen LogP contribution in [0.2, 0.25) is 0 Å². The molecule has 0 aliphatic rings. The lowest BCUT2D eigenvalue weighted by Crippen LogP contribution is -2.17. The second-order valence-electron chi connectivity index (χ2n) is 7.71. The number of benzene rings is 3. The maximum atomic E-state index is 12.0. The van der Waals surface area contributed by atoms with Crippen LogP contribution in [0, 0.1) is 0 Å². The highest BCUT2D eigenvalue weighted by Gasteiger charge is 2.14. The van der Waals surface area contributed by atoms with Crippen LogP contribution in [0.1, 0.15) is 16.7 Å². The molecule has 166 valence electrons. The Bertz CT molecular complexity index is 1530. The van der Waals surface area contributed by atoms with Gasteiger partial charge in [-0.2, -0.15) is 0 Å². The van der Waals surface area contributed by atoms with Crippen LogP contribution in [0.25, 0.3) is 10.9 Å². The number of H-pyrrole nitrogens is 1. The zero-order valence-electron chi connectivity index (χ0n) is 17.5. The Labute approximate surface area is 196 Å². The largest absolute Gasteiger partial charge is 0.489 e. The van der Waals surface area contributed by atoms with Crippen molar-refractivity contribution in [2.24, 2.45) is 0 Å². The molecular formula is C25H20BrN3O4. The summed E-state index contributed by atoms with van der Waals surface area (Å²) in [5.74, 6) is -0.0601. The van der Waals surface area contributed by atoms with Crippen molar-refractivity contribution in [1.29, 1.82) is 0 Å². The standard InChI is InChI=1S/C25H20BrN3O4/c26-20-8-4-7-18(11-20)16-32-21-9-10-23-22(12-21)19(15-29-24(30)27-25(31)33-29)14-28(23)13-17-5-2-1-3-6-17/h1-12,14H,13,15-16H2,(H,27,30,31). The lowest BCUT2D eigenvalue weighted by atomic mass is 10.1. The number of hydrogen-bond donors (Lipinski definition) is 1. The molecule has 0 atom stereocenters. The smallest absolute Gasteiger partial charge is 0.440 e. The minimum Gasteiger partial charge on any atom is -0.489 e. The van der Waals surface area contributed by atoms with Crippen LogP contribution >= 0.6 is 15.9 Å². The highest BCUT2D eigenvalue weighted by Crippen LogP contribution is 2.28. The SMILES string of the molecule is O=c1[nH]c(=O)n(Cc2cn(Cc3ccccc3)c3ccc(OCc4cccc(Br)c4)cc23)o1. The molecule has 0 radical (unpaired) electrons. The van der Waals surface area contributed by atoms with Gasteiger partial charge in [0, 0.05) is 33.7 Å². The van der Waals surface area contributed by atoms with Crippen LogP contribution < -0.4 is 16.2 Å². The first-order valence-corrected chi connectivity index (χ1v) is 11.2. The van der Waals surface area contributed by atoms with Gasteiger partial charge in [0.1, 0.15) is 12.4 Å². The average Bonchev–Trinajstić information content (AvgIpc) is 3.31. The average molecular weight is 506 g/mol. The number of hydrogen-bond acceptors (Lipinski definition) is 4. The van der Waals surface area contributed by atoms with E-state index >= 15 is 0 Å². The van der Waals surface area contributed by atoms with Gasteiger partial charge in [-0.05, 0) is 41.5 Å². The number of ether oxygens (including phenoxy) is 1. The molecule has 0 fully saturated rings. The molecule has 2 heterocycles. The molecule has 8 heteroatoms. The van der Waals surface area contributed by atoms with Crippen LogP contribution in [0.3, 0.4) is 0 Å². The summed E-state index contributed by atoms with van der Waals surface area (Å²) >= 11 is 3.48. The van der Waals surface area contributed by atoms with Gasteiger partial charge in [-0.1, -0.05) is 58.4 Å². The Hall–Kier alpha value is -3.78. The van der Waals surface area contributed by atoms with Crippen molar-refractivity contribution in [3.05, 3.63) is 121 Å². The summed E-state index contributed by atoms with van der Waals surface area (Å²) in [6.45, 7) is 1.23. The van der Waals surface area contributed by atoms with Crippen LogP contribution in [0.15, 0.2) is 97.6 Å². The van der Waals surface area contributed by atoms with Gasteiger partial charge in [0.15, 0.2) is 0 Å². The first-order valence-electron chi connectivity index (χ1n) is 10.4. The van der Waals surface area contributed by atoms with E-state index in [1.54, 1.807) is 0 Å². The van der Waals surface area contributed by atoms with E-state index in [-0.39, 0.29) is 6.54 Å². The molecule has 5 aromatic rings. The van der Waals surface area contributed by atoms with Crippen LogP contribution in [0.5, 0.6) is 5.75 Å². The van der Waals surface area contributed by atoms with Crippen molar-refractivity contribution in [2.75, 3.05) is 0 Å². The van der Waals surface area contributed by atoms with Crippen molar-refractivity contribution < 1.29 is 9.26 Å². The maximum Gasteiger partial charge on any atom is 0.440 e. The third-order valence-electron chi connectivity index (χ3n) is 5.37. The van der Waals surface area contributed by atoms with Gasteiger partial charge in [-0.25, -0.2) is 14.6 Å². The quantitative estimate of drug-likeness (QED) is 0.352. The van der Waals surface area contributed by atoms with Crippen LogP contribution in [0.4, 0.5) is 0 Å². The summed E-state index contributed by atoms with van der Waals surface area (Å²) < 4.78 is 15.2. The van der Waals surface area contributed by atoms with Crippen molar-refractivity contribution >= 4 is 26.8 Å². The van der Waals surface area contributed by atoms with E-state index in [4.69, 9.17) is 9.26 Å². The third-order valence-corrected chi connectivity index (χ3v) is 5.86. The van der Waals surface area contributed by atoms with Crippen molar-refractivity contribution in [2.45, 2.75) is 19.7 Å². The summed E-state index contributed by atoms with van der Waals surface area (Å²) in [5.41, 5.74) is 3.47. The first kappa shape index (κ1) is 21.1. The number of nitrogens with one attached hydrogen (secondary N) is 1. The number of halogens is 1. The Balaban J connectivity index is 1.50. The Morgan fingerprint density at radius 1 is 0.909 bits per heavy atom. The monoisotopic (exact) mass is 505 g/mol. The van der Waals surface area contributed by atoms with Gasteiger partial charge < -0.3 is 13.8 Å². The van der Waals surface area contributed by atoms with E-state index in [1.807, 2.05) is 66.9 Å². The molecule has 0 unspecified atom stereocenters. The number of aromatic nitrogens is 3. The Kier molecular flexibility index (Phi) is 5.75. The van der Waals surface area contributed by atoms with E-state index in [1.165, 1.54) is 0 Å². The molecule has 33 heavy (non-hydrogen) atoms. The molecule has 0 saturated carbocycles. The van der Waals surface area contributed by atoms with Gasteiger partial charge in [-0.15, -0.1) is 4.74 Å². The predicted octanol–water partition coefficient (Wildman–Crippen LogP) is 4.52. The Morgan fingerprint density at radius 2 is 1.73 bits per heavy atom. The maximum absolute atomic E-state index is 12.0. The van der Waals surface area contributed by atoms with Crippen LogP contribution in [-0.2, 0) is 19.7 Å². The molecule has 5 rings (SSSR count). The van der Waals surface area contributed by atoms with Gasteiger partial charge in [0.25, 0.3) is 0 Å². The first-order chi connectivity index (χ1) is 16.0. The van der Waals surface area contributed by atoms with Crippen molar-refractivity contribution in [3.63, 3.8) is 0 Å². The molecule has 3 aromatic carbocycles. The summed E-state index contributed by atoms with van der Waals surface area (Å²) in [6.07, 6.45) is 1.98. The topological polar surface area (TPSA) is 82.2 Å². The number of rotatable bonds is 7. The van der Waals surface area contributed by atoms with Crippen LogP contribution in [-0.4, -0.2) is 14.3 Å². The molecular weight excluding hydrogens is 486 g/mol. The van der Waals surface area contributed by atoms with E-state index < -0.39 is 11.4 Å². The summed E-state index contributed by atoms with van der Waals surface area (Å²) in [7, 11) is 0. The summed E-state index contributed by atoms with van der Waals surface area (Å²) in [6, 6.07) is 24.0. The number of aromatic amines is 1. The number of fused-ring (bicyclic) bond motifs is 1. The number of nitrogens with zero attached hydrogens (tertiary/aromatic N) is 2. The normalized spacial score (nSPS) is 11.2. The Morgan fingerprint density at radius 3 is 2.48 bits per heavy atom. The lowest BCUT2D eigenvalue weighted by molar-refractivity contribution is 0.258. The second kappa shape index (κ2) is 8.99. The van der Waals surface area contributed by atoms with Gasteiger partial charge in [0.05, 0.1) is 6.54 Å². The zero-order chi connectivity index (χ0) is 22.8. The fourth-order valence-electron chi connectivity index (χ4n) is 3.84. The fourth-order valence-corrected chi connectivity index (χ4v) is 4.29. The van der Waals surface area contributed by atoms with Crippen molar-refractivity contribution in [3.8, 4) is 5.75 Å². The van der Waals surface area contributed by atoms with Gasteiger partial charge in [0.2, 0.25) is 0 Å². The van der Waals surface area contributed by atoms with E-state index in [0.29, 0.717) is 18.9 Å². The molecule has 0 bridgehead atoms. The lowest BCUT2D eigenvalue weighted by Gasteiger charge is -2.09. The fraction of sp³-hybridized carbons (Fsp3) is 0.120. The van der Waals surface area contributed by atoms with Gasteiger partial charge in [-0.3, -0.25) is 0 Å². The minimum atomic E-state index is -0.772. The second-order valence-corrected chi connectivity index (χ2v) is 8.63. The molecule has 0 saturated heterocycles. The molecule has 7 nitrogen and oxygen atoms in total. The molecule has 0 amide bonds. The van der Waals surface area contributed by atoms with Gasteiger partial charge >= 0.3 is 11.4 Å². The molecule has 0 spiro atoms. The minimum absolute atomic E-state index is 0.130. The summed E-state index contributed by atoms with van der Waals surface area (Å²) in [4.78, 5) is 25.6. The van der Waals surface area contributed by atoms with E-state index in [9.17, 15) is 9.59 Å². The van der Waals surface area contributed by atoms with E-state index in [2.05, 4.69) is 37.6 Å². The highest BCUT2D eigenvalue weighted by molar-refractivity contribution is 9.10. The highest BCUT2D eigenvalue weighted by atomic mass is 79.9. The molecule has 0 aliphatic heterocycles. The predicted molar refractivity (Wildman–Crippen MR) is 129 cm³/mol. The van der Waals surface area contributed by atoms with Crippen molar-refractivity contribution in [1.82, 2.24) is 14.3 Å². The molecule has 1 N–H and O–H groups in total. The summed E-state index contributed by atoms with van der Waals surface area (Å²) in [5, 5.41) is 0.924. The molecule has 0 aliphatic carbocycles. The molecule has 2 aromatic heterocycles. The zero-order valence-corrected chi connectivity index (χ0v) is 19.1.